The molecule has 0 aromatic carbocycles. The fourth-order valence-electron chi connectivity index (χ4n) is 4.22. The molecule has 2 bridgehead atoms. The van der Waals surface area contributed by atoms with Gasteiger partial charge in [0.05, 0.1) is 6.54 Å². The summed E-state index contributed by atoms with van der Waals surface area (Å²) >= 11 is 0. The molecule has 3 aliphatic rings. The van der Waals surface area contributed by atoms with Crippen molar-refractivity contribution >= 4 is 5.91 Å². The summed E-state index contributed by atoms with van der Waals surface area (Å²) in [6.45, 7) is 4.65. The van der Waals surface area contributed by atoms with Gasteiger partial charge in [0.15, 0.2) is 0 Å². The Morgan fingerprint density at radius 1 is 1.29 bits per heavy atom. The van der Waals surface area contributed by atoms with E-state index >= 15 is 0 Å². The molecule has 3 heteroatoms. The molecule has 0 aromatic rings. The molecular weight excluding hydrogens is 212 g/mol. The van der Waals surface area contributed by atoms with Crippen molar-refractivity contribution in [2.24, 2.45) is 23.7 Å². The van der Waals surface area contributed by atoms with E-state index < -0.39 is 0 Å². The topological polar surface area (TPSA) is 32.3 Å². The second-order valence-corrected chi connectivity index (χ2v) is 6.49. The van der Waals surface area contributed by atoms with Crippen LogP contribution < -0.4 is 5.32 Å². The van der Waals surface area contributed by atoms with Gasteiger partial charge in [-0.05, 0) is 56.8 Å². The minimum atomic E-state index is 0.234. The minimum Gasteiger partial charge on any atom is -0.342 e. The van der Waals surface area contributed by atoms with Gasteiger partial charge in [-0.3, -0.25) is 4.79 Å². The van der Waals surface area contributed by atoms with Crippen molar-refractivity contribution in [2.45, 2.75) is 45.2 Å². The zero-order valence-corrected chi connectivity index (χ0v) is 11.1. The fourth-order valence-corrected chi connectivity index (χ4v) is 4.22. The number of nitrogens with one attached hydrogen (secondary N) is 1. The minimum absolute atomic E-state index is 0.234. The summed E-state index contributed by atoms with van der Waals surface area (Å²) in [5.74, 6) is 4.05. The average molecular weight is 236 g/mol. The lowest BCUT2D eigenvalue weighted by molar-refractivity contribution is -0.130. The van der Waals surface area contributed by atoms with E-state index in [1.807, 2.05) is 11.9 Å². The highest BCUT2D eigenvalue weighted by Crippen LogP contribution is 2.65. The Kier molecular flexibility index (Phi) is 2.69. The van der Waals surface area contributed by atoms with Crippen LogP contribution in [0.3, 0.4) is 0 Å². The van der Waals surface area contributed by atoms with Gasteiger partial charge in [0.25, 0.3) is 0 Å². The van der Waals surface area contributed by atoms with Crippen LogP contribution >= 0.6 is 0 Å². The second-order valence-electron chi connectivity index (χ2n) is 6.49. The van der Waals surface area contributed by atoms with Gasteiger partial charge in [0.1, 0.15) is 0 Å². The molecule has 0 spiro atoms. The van der Waals surface area contributed by atoms with Gasteiger partial charge in [-0.25, -0.2) is 0 Å². The molecule has 0 saturated heterocycles. The predicted octanol–water partition coefficient (Wildman–Crippen LogP) is 1.49. The summed E-state index contributed by atoms with van der Waals surface area (Å²) in [5, 5.41) is 3.50. The van der Waals surface area contributed by atoms with E-state index in [2.05, 4.69) is 19.2 Å². The standard InChI is InChI=1S/C14H24N2O/c1-8(2)16(3)11(17)7-15-14-12-9-4-5-10(6-9)13(12)14/h8-10,12-15H,4-7H2,1-3H3. The number of likely N-dealkylation sites (N-methyl/N-ethyl adjacent to an activating group) is 1. The number of carbonyl (C=O) groups is 1. The number of amides is 1. The summed E-state index contributed by atoms with van der Waals surface area (Å²) in [5.41, 5.74) is 0. The monoisotopic (exact) mass is 236 g/mol. The Labute approximate surface area is 104 Å². The maximum atomic E-state index is 11.9. The highest BCUT2D eigenvalue weighted by Gasteiger charge is 2.64. The smallest absolute Gasteiger partial charge is 0.236 e. The molecule has 1 N–H and O–H groups in total. The lowest BCUT2D eigenvalue weighted by Crippen LogP contribution is -2.40. The Morgan fingerprint density at radius 3 is 2.41 bits per heavy atom. The van der Waals surface area contributed by atoms with Gasteiger partial charge in [0.2, 0.25) is 5.91 Å². The number of hydrogen-bond donors (Lipinski definition) is 1. The quantitative estimate of drug-likeness (QED) is 0.802. The van der Waals surface area contributed by atoms with Crippen LogP contribution in [0.1, 0.15) is 33.1 Å². The molecule has 4 unspecified atom stereocenters. The van der Waals surface area contributed by atoms with Crippen LogP contribution in [0.2, 0.25) is 0 Å². The van der Waals surface area contributed by atoms with E-state index in [-0.39, 0.29) is 5.91 Å². The van der Waals surface area contributed by atoms with Crippen LogP contribution in [0.15, 0.2) is 0 Å². The van der Waals surface area contributed by atoms with Gasteiger partial charge in [-0.1, -0.05) is 0 Å². The van der Waals surface area contributed by atoms with Crippen LogP contribution in [0.5, 0.6) is 0 Å². The van der Waals surface area contributed by atoms with Crippen molar-refractivity contribution in [3.63, 3.8) is 0 Å². The van der Waals surface area contributed by atoms with Crippen molar-refractivity contribution in [3.05, 3.63) is 0 Å². The summed E-state index contributed by atoms with van der Waals surface area (Å²) in [7, 11) is 1.89. The first-order valence-corrected chi connectivity index (χ1v) is 7.08. The van der Waals surface area contributed by atoms with Gasteiger partial charge >= 0.3 is 0 Å². The van der Waals surface area contributed by atoms with Crippen LogP contribution in [0.25, 0.3) is 0 Å². The first kappa shape index (κ1) is 11.5. The molecule has 17 heavy (non-hydrogen) atoms. The molecule has 3 rings (SSSR count). The van der Waals surface area contributed by atoms with Gasteiger partial charge in [-0.15, -0.1) is 0 Å². The molecule has 3 nitrogen and oxygen atoms in total. The van der Waals surface area contributed by atoms with E-state index in [0.717, 1.165) is 23.7 Å². The normalized spacial score (nSPS) is 41.8. The number of nitrogens with zero attached hydrogens (tertiary/aromatic N) is 1. The third kappa shape index (κ3) is 1.79. The lowest BCUT2D eigenvalue weighted by atomic mass is 10.0. The van der Waals surface area contributed by atoms with Crippen molar-refractivity contribution in [1.82, 2.24) is 10.2 Å². The first-order chi connectivity index (χ1) is 8.09. The average Bonchev–Trinajstić information content (AvgIpc) is 2.69. The predicted molar refractivity (Wildman–Crippen MR) is 67.5 cm³/mol. The number of hydrogen-bond acceptors (Lipinski definition) is 2. The highest BCUT2D eigenvalue weighted by molar-refractivity contribution is 5.78. The summed E-state index contributed by atoms with van der Waals surface area (Å²) in [6, 6.07) is 0.977. The molecule has 0 aromatic heterocycles. The Balaban J connectivity index is 1.46. The fraction of sp³-hybridized carbons (Fsp3) is 0.929. The highest BCUT2D eigenvalue weighted by atomic mass is 16.2. The Morgan fingerprint density at radius 2 is 1.88 bits per heavy atom. The number of carbonyl (C=O) groups excluding carboxylic acids is 1. The number of rotatable bonds is 4. The molecule has 3 fully saturated rings. The molecular formula is C14H24N2O. The van der Waals surface area contributed by atoms with E-state index in [9.17, 15) is 4.79 Å². The van der Waals surface area contributed by atoms with Crippen LogP contribution in [-0.2, 0) is 4.79 Å². The third-order valence-corrected chi connectivity index (χ3v) is 5.39. The van der Waals surface area contributed by atoms with E-state index in [4.69, 9.17) is 0 Å². The maximum absolute atomic E-state index is 11.9. The third-order valence-electron chi connectivity index (χ3n) is 5.39. The van der Waals surface area contributed by atoms with Crippen molar-refractivity contribution in [3.8, 4) is 0 Å². The second kappa shape index (κ2) is 3.98. The van der Waals surface area contributed by atoms with Crippen molar-refractivity contribution in [2.75, 3.05) is 13.6 Å². The van der Waals surface area contributed by atoms with E-state index in [1.54, 1.807) is 0 Å². The van der Waals surface area contributed by atoms with E-state index in [0.29, 0.717) is 18.6 Å². The molecule has 3 aliphatic carbocycles. The van der Waals surface area contributed by atoms with Crippen molar-refractivity contribution < 1.29 is 4.79 Å². The molecule has 3 saturated carbocycles. The van der Waals surface area contributed by atoms with Crippen molar-refractivity contribution in [1.29, 1.82) is 0 Å². The SMILES string of the molecule is CC(C)N(C)C(=O)CNC1C2C3CCC(C3)C12. The van der Waals surface area contributed by atoms with Gasteiger partial charge in [-0.2, -0.15) is 0 Å². The summed E-state index contributed by atoms with van der Waals surface area (Å²) in [6.07, 6.45) is 4.38. The lowest BCUT2D eigenvalue weighted by Gasteiger charge is -2.22. The van der Waals surface area contributed by atoms with Gasteiger partial charge < -0.3 is 10.2 Å². The van der Waals surface area contributed by atoms with Crippen LogP contribution in [0, 0.1) is 23.7 Å². The van der Waals surface area contributed by atoms with Gasteiger partial charge in [0, 0.05) is 19.1 Å². The van der Waals surface area contributed by atoms with Crippen LogP contribution in [-0.4, -0.2) is 36.5 Å². The molecule has 96 valence electrons. The maximum Gasteiger partial charge on any atom is 0.236 e. The van der Waals surface area contributed by atoms with Crippen LogP contribution in [0.4, 0.5) is 0 Å². The Hall–Kier alpha value is -0.570. The molecule has 4 atom stereocenters. The zero-order valence-electron chi connectivity index (χ0n) is 11.1. The summed E-state index contributed by atoms with van der Waals surface area (Å²) in [4.78, 5) is 13.7. The molecule has 0 radical (unpaired) electrons. The Bertz CT molecular complexity index is 312. The molecule has 0 aliphatic heterocycles. The first-order valence-electron chi connectivity index (χ1n) is 7.08. The van der Waals surface area contributed by atoms with E-state index in [1.165, 1.54) is 19.3 Å². The molecule has 1 amide bonds. The molecule has 0 heterocycles. The number of fused-ring (bicyclic) bond motifs is 5. The summed E-state index contributed by atoms with van der Waals surface area (Å²) < 4.78 is 0. The largest absolute Gasteiger partial charge is 0.342 e. The zero-order chi connectivity index (χ0) is 12.2.